The monoisotopic (exact) mass is 302 g/mol. The van der Waals surface area contributed by atoms with Gasteiger partial charge >= 0.3 is 5.82 Å². The highest BCUT2D eigenvalue weighted by Crippen LogP contribution is 2.28. The van der Waals surface area contributed by atoms with Crippen LogP contribution in [-0.2, 0) is 6.42 Å². The van der Waals surface area contributed by atoms with Gasteiger partial charge in [-0.15, -0.1) is 0 Å². The number of rotatable bonds is 5. The molecule has 1 aromatic carbocycles. The largest absolute Gasteiger partial charge is 0.372 e. The third-order valence-corrected chi connectivity index (χ3v) is 3.93. The van der Waals surface area contributed by atoms with E-state index in [2.05, 4.69) is 10.3 Å². The van der Waals surface area contributed by atoms with Crippen molar-refractivity contribution in [3.8, 4) is 0 Å². The lowest BCUT2D eigenvalue weighted by Gasteiger charge is -2.12. The highest BCUT2D eigenvalue weighted by atomic mass is 32.1. The Hall–Kier alpha value is -2.41. The molecule has 6 nitrogen and oxygen atoms in total. The number of nitro groups is 1. The van der Waals surface area contributed by atoms with Crippen molar-refractivity contribution in [2.45, 2.75) is 19.4 Å². The quantitative estimate of drug-likeness (QED) is 0.579. The lowest BCUT2D eigenvalue weighted by molar-refractivity contribution is -0.389. The van der Waals surface area contributed by atoms with Gasteiger partial charge in [-0.25, -0.2) is 0 Å². The van der Waals surface area contributed by atoms with Crippen LogP contribution in [0.2, 0.25) is 0 Å². The zero-order valence-electron chi connectivity index (χ0n) is 11.4. The lowest BCUT2D eigenvalue weighted by atomic mass is 10.1. The van der Waals surface area contributed by atoms with Crippen LogP contribution in [0.1, 0.15) is 12.5 Å². The molecule has 2 aromatic heterocycles. The molecule has 7 heteroatoms. The average Bonchev–Trinajstić information content (AvgIpc) is 2.99. The normalized spacial score (nSPS) is 12.4. The second-order valence-corrected chi connectivity index (χ2v) is 5.70. The molecule has 1 N–H and O–H groups in total. The molecule has 0 radical (unpaired) electrons. The van der Waals surface area contributed by atoms with Crippen molar-refractivity contribution < 1.29 is 4.92 Å². The number of imidazole rings is 1. The van der Waals surface area contributed by atoms with Crippen LogP contribution in [0.3, 0.4) is 0 Å². The minimum atomic E-state index is -0.399. The van der Waals surface area contributed by atoms with Gasteiger partial charge in [-0.2, -0.15) is 9.38 Å². The smallest absolute Gasteiger partial charge is 0.360 e. The molecule has 0 aliphatic carbocycles. The van der Waals surface area contributed by atoms with Crippen LogP contribution in [-0.4, -0.2) is 20.3 Å². The molecule has 0 aliphatic rings. The van der Waals surface area contributed by atoms with E-state index in [1.165, 1.54) is 21.3 Å². The van der Waals surface area contributed by atoms with Gasteiger partial charge in [-0.1, -0.05) is 41.7 Å². The fourth-order valence-corrected chi connectivity index (χ4v) is 3.01. The van der Waals surface area contributed by atoms with Crippen molar-refractivity contribution in [3.63, 3.8) is 0 Å². The summed E-state index contributed by atoms with van der Waals surface area (Å²) in [7, 11) is 0. The number of nitrogens with one attached hydrogen (secondary N) is 1. The Labute approximate surface area is 125 Å². The Morgan fingerprint density at radius 3 is 2.90 bits per heavy atom. The maximum absolute atomic E-state index is 11.2. The van der Waals surface area contributed by atoms with Crippen LogP contribution < -0.4 is 5.32 Å². The first-order valence-electron chi connectivity index (χ1n) is 6.55. The summed E-state index contributed by atoms with van der Waals surface area (Å²) in [5.41, 5.74) is 1.18. The van der Waals surface area contributed by atoms with E-state index in [-0.39, 0.29) is 11.9 Å². The van der Waals surface area contributed by atoms with Gasteiger partial charge in [0.1, 0.15) is 6.20 Å². The van der Waals surface area contributed by atoms with Crippen LogP contribution in [0.15, 0.2) is 41.9 Å². The van der Waals surface area contributed by atoms with E-state index in [1.807, 2.05) is 37.3 Å². The van der Waals surface area contributed by atoms with Gasteiger partial charge < -0.3 is 15.4 Å². The number of thiazole rings is 1. The van der Waals surface area contributed by atoms with Crippen molar-refractivity contribution in [2.24, 2.45) is 0 Å². The number of benzene rings is 1. The van der Waals surface area contributed by atoms with E-state index in [1.54, 1.807) is 11.6 Å². The van der Waals surface area contributed by atoms with Crippen LogP contribution in [0.25, 0.3) is 4.96 Å². The molecular formula is C14H14N4O2S. The standard InChI is InChI=1S/C14H14N4O2S/c1-10(9-11-5-3-2-4-6-11)15-12-13(18(19)20)17-7-8-21-14(17)16-12/h2-8,10,15H,9H2,1H3. The van der Waals surface area contributed by atoms with Crippen molar-refractivity contribution >= 4 is 27.9 Å². The van der Waals surface area contributed by atoms with Gasteiger partial charge in [-0.3, -0.25) is 0 Å². The summed E-state index contributed by atoms with van der Waals surface area (Å²) in [6.07, 6.45) is 2.45. The third-order valence-electron chi connectivity index (χ3n) is 3.18. The van der Waals surface area contributed by atoms with Crippen LogP contribution in [0.4, 0.5) is 11.6 Å². The molecule has 1 unspecified atom stereocenters. The zero-order valence-corrected chi connectivity index (χ0v) is 12.2. The molecule has 0 amide bonds. The van der Waals surface area contributed by atoms with E-state index in [0.29, 0.717) is 10.8 Å². The van der Waals surface area contributed by atoms with Gasteiger partial charge in [0.15, 0.2) is 0 Å². The van der Waals surface area contributed by atoms with E-state index in [0.717, 1.165) is 6.42 Å². The summed E-state index contributed by atoms with van der Waals surface area (Å²) >= 11 is 1.38. The first kappa shape index (κ1) is 13.6. The van der Waals surface area contributed by atoms with Gasteiger partial charge in [0, 0.05) is 11.4 Å². The fraction of sp³-hybridized carbons (Fsp3) is 0.214. The molecule has 2 heterocycles. The molecule has 3 aromatic rings. The van der Waals surface area contributed by atoms with Crippen LogP contribution in [0, 0.1) is 10.1 Å². The Morgan fingerprint density at radius 1 is 1.43 bits per heavy atom. The van der Waals surface area contributed by atoms with Gasteiger partial charge in [-0.05, 0) is 23.8 Å². The van der Waals surface area contributed by atoms with E-state index < -0.39 is 4.92 Å². The molecule has 21 heavy (non-hydrogen) atoms. The predicted molar refractivity (Wildman–Crippen MR) is 83.0 cm³/mol. The average molecular weight is 302 g/mol. The Bertz CT molecular complexity index is 766. The highest BCUT2D eigenvalue weighted by molar-refractivity contribution is 7.15. The molecule has 0 fully saturated rings. The molecule has 0 aliphatic heterocycles. The molecule has 0 spiro atoms. The first-order chi connectivity index (χ1) is 10.1. The van der Waals surface area contributed by atoms with E-state index in [4.69, 9.17) is 0 Å². The summed E-state index contributed by atoms with van der Waals surface area (Å²) in [6, 6.07) is 10.1. The van der Waals surface area contributed by atoms with Crippen molar-refractivity contribution in [3.05, 3.63) is 57.6 Å². The molecule has 1 atom stereocenters. The molecule has 108 valence electrons. The van der Waals surface area contributed by atoms with Gasteiger partial charge in [0.2, 0.25) is 5.82 Å². The minimum absolute atomic E-state index is 0.00818. The Kier molecular flexibility index (Phi) is 3.57. The lowest BCUT2D eigenvalue weighted by Crippen LogP contribution is -2.19. The van der Waals surface area contributed by atoms with Crippen LogP contribution in [0.5, 0.6) is 0 Å². The molecule has 3 rings (SSSR count). The number of anilines is 1. The molecule has 0 saturated carbocycles. The topological polar surface area (TPSA) is 72.5 Å². The summed E-state index contributed by atoms with van der Waals surface area (Å²) in [6.45, 7) is 1.99. The summed E-state index contributed by atoms with van der Waals surface area (Å²) < 4.78 is 1.50. The SMILES string of the molecule is CC(Cc1ccccc1)Nc1nc2sccn2c1[N+](=O)[O-]. The number of aromatic nitrogens is 2. The highest BCUT2D eigenvalue weighted by Gasteiger charge is 2.24. The first-order valence-corrected chi connectivity index (χ1v) is 7.43. The number of hydrogen-bond acceptors (Lipinski definition) is 5. The van der Waals surface area contributed by atoms with Gasteiger partial charge in [0.05, 0.1) is 0 Å². The number of fused-ring (bicyclic) bond motifs is 1. The second-order valence-electron chi connectivity index (χ2n) is 4.83. The van der Waals surface area contributed by atoms with Crippen molar-refractivity contribution in [1.82, 2.24) is 9.38 Å². The molecule has 0 saturated heterocycles. The van der Waals surface area contributed by atoms with Crippen LogP contribution >= 0.6 is 11.3 Å². The maximum atomic E-state index is 11.2. The van der Waals surface area contributed by atoms with Gasteiger partial charge in [0.25, 0.3) is 4.96 Å². The minimum Gasteiger partial charge on any atom is -0.360 e. The summed E-state index contributed by atoms with van der Waals surface area (Å²) in [5, 5.41) is 16.2. The Morgan fingerprint density at radius 2 is 2.19 bits per heavy atom. The maximum Gasteiger partial charge on any atom is 0.372 e. The third kappa shape index (κ3) is 2.73. The zero-order chi connectivity index (χ0) is 14.8. The van der Waals surface area contributed by atoms with Crippen molar-refractivity contribution in [1.29, 1.82) is 0 Å². The number of hydrogen-bond donors (Lipinski definition) is 1. The van der Waals surface area contributed by atoms with Crippen molar-refractivity contribution in [2.75, 3.05) is 5.32 Å². The summed E-state index contributed by atoms with van der Waals surface area (Å²) in [4.78, 5) is 15.8. The number of nitrogens with zero attached hydrogens (tertiary/aromatic N) is 3. The van der Waals surface area contributed by atoms with E-state index >= 15 is 0 Å². The Balaban J connectivity index is 1.82. The predicted octanol–water partition coefficient (Wildman–Crippen LogP) is 3.35. The fourth-order valence-electron chi connectivity index (χ4n) is 2.30. The second kappa shape index (κ2) is 5.53. The summed E-state index contributed by atoms with van der Waals surface area (Å²) in [5.74, 6) is 0.321. The van der Waals surface area contributed by atoms with E-state index in [9.17, 15) is 10.1 Å². The molecule has 0 bridgehead atoms. The molecular weight excluding hydrogens is 288 g/mol.